The molecule has 0 amide bonds. The quantitative estimate of drug-likeness (QED) is 0.686. The summed E-state index contributed by atoms with van der Waals surface area (Å²) >= 11 is 3.38. The Hall–Kier alpha value is -1.61. The van der Waals surface area contributed by atoms with E-state index in [0.29, 0.717) is 17.2 Å². The van der Waals surface area contributed by atoms with E-state index < -0.39 is 0 Å². The van der Waals surface area contributed by atoms with E-state index in [9.17, 15) is 4.79 Å². The van der Waals surface area contributed by atoms with Crippen LogP contribution in [-0.4, -0.2) is 5.78 Å². The molecule has 2 nitrogen and oxygen atoms in total. The lowest BCUT2D eigenvalue weighted by Gasteiger charge is -2.03. The number of benzene rings is 2. The largest absolute Gasteiger partial charge is 0.399 e. The molecular formula is C16H14BrNO. The molecule has 3 heteroatoms. The zero-order valence-electron chi connectivity index (χ0n) is 10.3. The van der Waals surface area contributed by atoms with E-state index in [0.717, 1.165) is 10.9 Å². The van der Waals surface area contributed by atoms with Crippen molar-refractivity contribution in [1.82, 2.24) is 0 Å². The molecule has 0 aromatic heterocycles. The first-order valence-electron chi connectivity index (χ1n) is 6.30. The Morgan fingerprint density at radius 3 is 2.58 bits per heavy atom. The van der Waals surface area contributed by atoms with Crippen molar-refractivity contribution < 1.29 is 4.79 Å². The monoisotopic (exact) mass is 315 g/mol. The number of Topliss-reactive ketones (excluding diaryl/α,β-unsaturated/α-hetero) is 1. The first-order chi connectivity index (χ1) is 9.15. The maximum absolute atomic E-state index is 12.4. The number of rotatable bonds is 3. The van der Waals surface area contributed by atoms with Crippen molar-refractivity contribution in [1.29, 1.82) is 0 Å². The number of nitrogen functional groups attached to an aromatic ring is 1. The van der Waals surface area contributed by atoms with E-state index in [1.54, 1.807) is 12.1 Å². The van der Waals surface area contributed by atoms with Crippen molar-refractivity contribution in [3.63, 3.8) is 0 Å². The Labute approximate surface area is 120 Å². The lowest BCUT2D eigenvalue weighted by Crippen LogP contribution is -2.04. The molecule has 0 radical (unpaired) electrons. The number of carbonyl (C=O) groups is 1. The minimum absolute atomic E-state index is 0.107. The third kappa shape index (κ3) is 2.56. The fourth-order valence-electron chi connectivity index (χ4n) is 2.52. The van der Waals surface area contributed by atoms with E-state index in [1.807, 2.05) is 24.3 Å². The smallest absolute Gasteiger partial charge is 0.166 e. The number of halogens is 1. The van der Waals surface area contributed by atoms with Crippen molar-refractivity contribution in [2.45, 2.75) is 12.3 Å². The van der Waals surface area contributed by atoms with Crippen LogP contribution in [-0.2, 0) is 0 Å². The third-order valence-corrected chi connectivity index (χ3v) is 4.02. The van der Waals surface area contributed by atoms with Crippen LogP contribution in [0.5, 0.6) is 0 Å². The molecule has 2 atom stereocenters. The van der Waals surface area contributed by atoms with E-state index in [-0.39, 0.29) is 11.7 Å². The summed E-state index contributed by atoms with van der Waals surface area (Å²) in [5.74, 6) is 0.673. The molecule has 0 spiro atoms. The topological polar surface area (TPSA) is 43.1 Å². The van der Waals surface area contributed by atoms with E-state index in [4.69, 9.17) is 5.73 Å². The molecule has 2 N–H and O–H groups in total. The molecule has 1 saturated carbocycles. The van der Waals surface area contributed by atoms with Crippen LogP contribution >= 0.6 is 15.9 Å². The van der Waals surface area contributed by atoms with Crippen LogP contribution in [0.2, 0.25) is 0 Å². The summed E-state index contributed by atoms with van der Waals surface area (Å²) in [5, 5.41) is 0. The van der Waals surface area contributed by atoms with E-state index in [1.165, 1.54) is 5.56 Å². The molecule has 2 aromatic carbocycles. The number of hydrogen-bond donors (Lipinski definition) is 1. The Morgan fingerprint density at radius 2 is 1.89 bits per heavy atom. The van der Waals surface area contributed by atoms with Gasteiger partial charge in [0.25, 0.3) is 0 Å². The van der Waals surface area contributed by atoms with Gasteiger partial charge in [0, 0.05) is 21.6 Å². The lowest BCUT2D eigenvalue weighted by atomic mass is 10.0. The predicted molar refractivity (Wildman–Crippen MR) is 80.2 cm³/mol. The Balaban J connectivity index is 1.80. The second kappa shape index (κ2) is 4.82. The highest BCUT2D eigenvalue weighted by molar-refractivity contribution is 9.10. The summed E-state index contributed by atoms with van der Waals surface area (Å²) in [6.45, 7) is 0. The first kappa shape index (κ1) is 12.4. The number of anilines is 1. The average molecular weight is 316 g/mol. The summed E-state index contributed by atoms with van der Waals surface area (Å²) < 4.78 is 0.854. The zero-order chi connectivity index (χ0) is 13.4. The van der Waals surface area contributed by atoms with Gasteiger partial charge in [-0.3, -0.25) is 4.79 Å². The molecule has 96 valence electrons. The molecule has 1 fully saturated rings. The van der Waals surface area contributed by atoms with Crippen LogP contribution in [0.4, 0.5) is 5.69 Å². The molecule has 0 heterocycles. The van der Waals surface area contributed by atoms with Gasteiger partial charge in [0.05, 0.1) is 0 Å². The van der Waals surface area contributed by atoms with Gasteiger partial charge in [0.1, 0.15) is 0 Å². The second-order valence-corrected chi connectivity index (χ2v) is 5.91. The highest BCUT2D eigenvalue weighted by Gasteiger charge is 2.43. The van der Waals surface area contributed by atoms with Gasteiger partial charge in [0.2, 0.25) is 0 Å². The van der Waals surface area contributed by atoms with Crippen LogP contribution < -0.4 is 5.73 Å². The number of carbonyl (C=O) groups excluding carboxylic acids is 1. The number of nitrogens with two attached hydrogens (primary N) is 1. The summed E-state index contributed by atoms with van der Waals surface area (Å²) in [6.07, 6.45) is 0.940. The molecule has 3 rings (SSSR count). The van der Waals surface area contributed by atoms with E-state index >= 15 is 0 Å². The highest BCUT2D eigenvalue weighted by atomic mass is 79.9. The van der Waals surface area contributed by atoms with Crippen LogP contribution in [0.15, 0.2) is 53.0 Å². The Kier molecular flexibility index (Phi) is 3.15. The molecule has 2 aromatic rings. The molecule has 0 saturated heterocycles. The van der Waals surface area contributed by atoms with Crippen molar-refractivity contribution in [2.75, 3.05) is 5.73 Å². The van der Waals surface area contributed by atoms with Crippen molar-refractivity contribution in [2.24, 2.45) is 5.92 Å². The van der Waals surface area contributed by atoms with Crippen LogP contribution in [0.3, 0.4) is 0 Å². The van der Waals surface area contributed by atoms with Crippen LogP contribution in [0.1, 0.15) is 28.3 Å². The minimum atomic E-state index is 0.107. The van der Waals surface area contributed by atoms with Crippen molar-refractivity contribution >= 4 is 27.4 Å². The maximum Gasteiger partial charge on any atom is 0.166 e. The molecule has 1 aliphatic rings. The summed E-state index contributed by atoms with van der Waals surface area (Å²) in [6, 6.07) is 15.6. The standard InChI is InChI=1S/C16H14BrNO/c17-12-6-11(7-13(18)8-12)16(19)15-9-14(15)10-4-2-1-3-5-10/h1-8,14-15H,9,18H2. The normalized spacial score (nSPS) is 21.1. The SMILES string of the molecule is Nc1cc(Br)cc(C(=O)C2CC2c2ccccc2)c1. The second-order valence-electron chi connectivity index (χ2n) is 5.00. The van der Waals surface area contributed by atoms with Gasteiger partial charge in [-0.05, 0) is 36.1 Å². The summed E-state index contributed by atoms with van der Waals surface area (Å²) in [5.41, 5.74) is 8.36. The van der Waals surface area contributed by atoms with Gasteiger partial charge in [-0.2, -0.15) is 0 Å². The predicted octanol–water partition coefficient (Wildman–Crippen LogP) is 4.02. The van der Waals surface area contributed by atoms with Gasteiger partial charge < -0.3 is 5.73 Å². The van der Waals surface area contributed by atoms with Gasteiger partial charge in [-0.25, -0.2) is 0 Å². The maximum atomic E-state index is 12.4. The van der Waals surface area contributed by atoms with Crippen LogP contribution in [0.25, 0.3) is 0 Å². The van der Waals surface area contributed by atoms with Gasteiger partial charge in [-0.15, -0.1) is 0 Å². The first-order valence-corrected chi connectivity index (χ1v) is 7.09. The minimum Gasteiger partial charge on any atom is -0.399 e. The van der Waals surface area contributed by atoms with Gasteiger partial charge in [0.15, 0.2) is 5.78 Å². The molecule has 2 unspecified atom stereocenters. The zero-order valence-corrected chi connectivity index (χ0v) is 11.9. The summed E-state index contributed by atoms with van der Waals surface area (Å²) in [7, 11) is 0. The van der Waals surface area contributed by atoms with Crippen LogP contribution in [0, 0.1) is 5.92 Å². The number of ketones is 1. The Morgan fingerprint density at radius 1 is 1.16 bits per heavy atom. The average Bonchev–Trinajstić information content (AvgIpc) is 3.18. The summed E-state index contributed by atoms with van der Waals surface area (Å²) in [4.78, 5) is 12.4. The lowest BCUT2D eigenvalue weighted by molar-refractivity contribution is 0.0965. The highest BCUT2D eigenvalue weighted by Crippen LogP contribution is 2.49. The van der Waals surface area contributed by atoms with Gasteiger partial charge in [-0.1, -0.05) is 46.3 Å². The third-order valence-electron chi connectivity index (χ3n) is 3.56. The van der Waals surface area contributed by atoms with Crippen molar-refractivity contribution in [3.05, 3.63) is 64.1 Å². The number of hydrogen-bond acceptors (Lipinski definition) is 2. The van der Waals surface area contributed by atoms with Crippen molar-refractivity contribution in [3.8, 4) is 0 Å². The molecule has 19 heavy (non-hydrogen) atoms. The fraction of sp³-hybridized carbons (Fsp3) is 0.188. The van der Waals surface area contributed by atoms with E-state index in [2.05, 4.69) is 28.1 Å². The molecule has 0 aliphatic heterocycles. The molecule has 1 aliphatic carbocycles. The Bertz CT molecular complexity index is 604. The van der Waals surface area contributed by atoms with Gasteiger partial charge >= 0.3 is 0 Å². The molecule has 0 bridgehead atoms. The molecular weight excluding hydrogens is 302 g/mol. The fourth-order valence-corrected chi connectivity index (χ4v) is 3.03.